The van der Waals surface area contributed by atoms with Crippen LogP contribution in [0.3, 0.4) is 0 Å². The van der Waals surface area contributed by atoms with Gasteiger partial charge < -0.3 is 14.2 Å². The summed E-state index contributed by atoms with van der Waals surface area (Å²) in [6, 6.07) is 8.41. The number of rotatable bonds is 7. The van der Waals surface area contributed by atoms with Crippen molar-refractivity contribution in [2.24, 2.45) is 0 Å². The number of ether oxygens (including phenoxy) is 3. The summed E-state index contributed by atoms with van der Waals surface area (Å²) < 4.78 is 43.0. The molecule has 2 aromatic rings. The average Bonchev–Trinajstić information content (AvgIpc) is 2.68. The molecule has 10 heteroatoms. The minimum atomic E-state index is -3.82. The molecule has 1 aliphatic heterocycles. The van der Waals surface area contributed by atoms with Crippen LogP contribution in [0.5, 0.6) is 23.0 Å². The Bertz CT molecular complexity index is 987. The molecule has 28 heavy (non-hydrogen) atoms. The van der Waals surface area contributed by atoms with Crippen molar-refractivity contribution in [1.29, 1.82) is 0 Å². The zero-order chi connectivity index (χ0) is 20.3. The number of hydrogen-bond acceptors (Lipinski definition) is 7. The topological polar surface area (TPSA) is 108 Å². The van der Waals surface area contributed by atoms with Gasteiger partial charge in [-0.3, -0.25) is 10.1 Å². The standard InChI is InChI=1S/C18H20N2O7S/c1-3-19(4-2)28(23,24)14-6-8-16(15(12-14)20(21)22)27-13-5-7-17-18(11-13)26-10-9-25-17/h5-8,11-12H,3-4,9-10H2,1-2H3. The Hall–Kier alpha value is -2.85. The monoisotopic (exact) mass is 408 g/mol. The number of hydrogen-bond donors (Lipinski definition) is 0. The van der Waals surface area contributed by atoms with E-state index in [2.05, 4.69) is 0 Å². The molecule has 0 N–H and O–H groups in total. The van der Waals surface area contributed by atoms with Gasteiger partial charge in [-0.1, -0.05) is 13.8 Å². The Kier molecular flexibility index (Phi) is 5.71. The van der Waals surface area contributed by atoms with E-state index in [1.807, 2.05) is 0 Å². The lowest BCUT2D eigenvalue weighted by Crippen LogP contribution is -2.30. The molecule has 0 fully saturated rings. The van der Waals surface area contributed by atoms with Crippen molar-refractivity contribution in [3.63, 3.8) is 0 Å². The number of sulfonamides is 1. The molecule has 0 spiro atoms. The van der Waals surface area contributed by atoms with Crippen molar-refractivity contribution in [3.8, 4) is 23.0 Å². The Morgan fingerprint density at radius 2 is 1.75 bits per heavy atom. The van der Waals surface area contributed by atoms with E-state index in [4.69, 9.17) is 14.2 Å². The van der Waals surface area contributed by atoms with Crippen LogP contribution in [0.4, 0.5) is 5.69 Å². The predicted octanol–water partition coefficient (Wildman–Crippen LogP) is 3.19. The third-order valence-electron chi connectivity index (χ3n) is 4.21. The summed E-state index contributed by atoms with van der Waals surface area (Å²) in [5.74, 6) is 1.28. The zero-order valence-electron chi connectivity index (χ0n) is 15.5. The second-order valence-electron chi connectivity index (χ2n) is 5.88. The lowest BCUT2D eigenvalue weighted by atomic mass is 10.2. The quantitative estimate of drug-likeness (QED) is 0.511. The highest BCUT2D eigenvalue weighted by atomic mass is 32.2. The third kappa shape index (κ3) is 3.87. The van der Waals surface area contributed by atoms with Crippen LogP contribution >= 0.6 is 0 Å². The van der Waals surface area contributed by atoms with E-state index in [0.29, 0.717) is 30.5 Å². The maximum atomic E-state index is 12.6. The van der Waals surface area contributed by atoms with Crippen molar-refractivity contribution in [2.45, 2.75) is 18.7 Å². The van der Waals surface area contributed by atoms with Crippen molar-refractivity contribution in [1.82, 2.24) is 4.31 Å². The van der Waals surface area contributed by atoms with Gasteiger partial charge in [-0.05, 0) is 24.3 Å². The Morgan fingerprint density at radius 3 is 2.39 bits per heavy atom. The number of fused-ring (bicyclic) bond motifs is 1. The average molecular weight is 408 g/mol. The first-order valence-electron chi connectivity index (χ1n) is 8.73. The molecule has 9 nitrogen and oxygen atoms in total. The minimum absolute atomic E-state index is 0.0693. The van der Waals surface area contributed by atoms with E-state index in [1.54, 1.807) is 32.0 Å². The Labute approximate surface area is 162 Å². The van der Waals surface area contributed by atoms with Crippen LogP contribution in [-0.4, -0.2) is 43.9 Å². The summed E-state index contributed by atoms with van der Waals surface area (Å²) in [4.78, 5) is 10.7. The van der Waals surface area contributed by atoms with Gasteiger partial charge in [0, 0.05) is 25.2 Å². The molecule has 0 saturated carbocycles. The van der Waals surface area contributed by atoms with E-state index >= 15 is 0 Å². The van der Waals surface area contributed by atoms with Gasteiger partial charge in [0.1, 0.15) is 19.0 Å². The van der Waals surface area contributed by atoms with Gasteiger partial charge in [0.15, 0.2) is 11.5 Å². The van der Waals surface area contributed by atoms with Gasteiger partial charge in [-0.15, -0.1) is 0 Å². The van der Waals surface area contributed by atoms with Crippen LogP contribution in [0.1, 0.15) is 13.8 Å². The van der Waals surface area contributed by atoms with Gasteiger partial charge in [0.2, 0.25) is 15.8 Å². The molecule has 0 unspecified atom stereocenters. The molecule has 0 atom stereocenters. The molecular weight excluding hydrogens is 388 g/mol. The molecular formula is C18H20N2O7S. The first-order chi connectivity index (χ1) is 13.4. The molecule has 2 aromatic carbocycles. The highest BCUT2D eigenvalue weighted by Crippen LogP contribution is 2.38. The molecule has 1 heterocycles. The number of nitro benzene ring substituents is 1. The highest BCUT2D eigenvalue weighted by Gasteiger charge is 2.26. The number of nitro groups is 1. The fourth-order valence-electron chi connectivity index (χ4n) is 2.81. The second kappa shape index (κ2) is 8.03. The van der Waals surface area contributed by atoms with Gasteiger partial charge in [-0.25, -0.2) is 8.42 Å². The summed E-state index contributed by atoms with van der Waals surface area (Å²) in [6.07, 6.45) is 0. The van der Waals surface area contributed by atoms with E-state index in [-0.39, 0.29) is 23.7 Å². The van der Waals surface area contributed by atoms with Crippen molar-refractivity contribution in [3.05, 3.63) is 46.5 Å². The summed E-state index contributed by atoms with van der Waals surface area (Å²) in [6.45, 7) is 4.78. The molecule has 0 radical (unpaired) electrons. The molecule has 1 aliphatic rings. The largest absolute Gasteiger partial charge is 0.486 e. The summed E-state index contributed by atoms with van der Waals surface area (Å²) >= 11 is 0. The lowest BCUT2D eigenvalue weighted by Gasteiger charge is -2.19. The summed E-state index contributed by atoms with van der Waals surface area (Å²) in [5.41, 5.74) is -0.442. The van der Waals surface area contributed by atoms with Crippen LogP contribution in [-0.2, 0) is 10.0 Å². The van der Waals surface area contributed by atoms with E-state index in [0.717, 1.165) is 6.07 Å². The van der Waals surface area contributed by atoms with Crippen LogP contribution in [0.2, 0.25) is 0 Å². The predicted molar refractivity (Wildman–Crippen MR) is 101 cm³/mol. The molecule has 0 bridgehead atoms. The van der Waals surface area contributed by atoms with Crippen LogP contribution in [0, 0.1) is 10.1 Å². The van der Waals surface area contributed by atoms with Crippen LogP contribution in [0.25, 0.3) is 0 Å². The summed E-state index contributed by atoms with van der Waals surface area (Å²) in [5, 5.41) is 11.5. The fraction of sp³-hybridized carbons (Fsp3) is 0.333. The van der Waals surface area contributed by atoms with E-state index in [9.17, 15) is 18.5 Å². The maximum Gasteiger partial charge on any atom is 0.312 e. The third-order valence-corrected chi connectivity index (χ3v) is 6.26. The molecule has 0 aromatic heterocycles. The van der Waals surface area contributed by atoms with Gasteiger partial charge in [-0.2, -0.15) is 4.31 Å². The number of benzene rings is 2. The lowest BCUT2D eigenvalue weighted by molar-refractivity contribution is -0.385. The van der Waals surface area contributed by atoms with Crippen LogP contribution < -0.4 is 14.2 Å². The van der Waals surface area contributed by atoms with Gasteiger partial charge in [0.25, 0.3) is 0 Å². The van der Waals surface area contributed by atoms with Crippen LogP contribution in [0.15, 0.2) is 41.3 Å². The maximum absolute atomic E-state index is 12.6. The van der Waals surface area contributed by atoms with Crippen molar-refractivity contribution < 1.29 is 27.6 Å². The fourth-order valence-corrected chi connectivity index (χ4v) is 4.29. The van der Waals surface area contributed by atoms with E-state index < -0.39 is 20.6 Å². The molecule has 0 aliphatic carbocycles. The number of nitrogens with zero attached hydrogens (tertiary/aromatic N) is 2. The first-order valence-corrected chi connectivity index (χ1v) is 10.2. The molecule has 0 saturated heterocycles. The SMILES string of the molecule is CCN(CC)S(=O)(=O)c1ccc(Oc2ccc3c(c2)OCCO3)c([N+](=O)[O-])c1. The first kappa shape index (κ1) is 19.9. The Balaban J connectivity index is 1.95. The molecule has 0 amide bonds. The minimum Gasteiger partial charge on any atom is -0.486 e. The van der Waals surface area contributed by atoms with Crippen molar-refractivity contribution in [2.75, 3.05) is 26.3 Å². The molecule has 3 rings (SSSR count). The van der Waals surface area contributed by atoms with Gasteiger partial charge >= 0.3 is 5.69 Å². The van der Waals surface area contributed by atoms with E-state index in [1.165, 1.54) is 16.4 Å². The zero-order valence-corrected chi connectivity index (χ0v) is 16.3. The van der Waals surface area contributed by atoms with Gasteiger partial charge in [0.05, 0.1) is 9.82 Å². The Morgan fingerprint density at radius 1 is 1.07 bits per heavy atom. The van der Waals surface area contributed by atoms with Crippen molar-refractivity contribution >= 4 is 15.7 Å². The highest BCUT2D eigenvalue weighted by molar-refractivity contribution is 7.89. The smallest absolute Gasteiger partial charge is 0.312 e. The second-order valence-corrected chi connectivity index (χ2v) is 7.82. The molecule has 150 valence electrons. The normalized spacial score (nSPS) is 13.4. The summed E-state index contributed by atoms with van der Waals surface area (Å²) in [7, 11) is -3.82.